The predicted octanol–water partition coefficient (Wildman–Crippen LogP) is -0.767. The van der Waals surface area contributed by atoms with Crippen molar-refractivity contribution >= 4 is 36.9 Å². The van der Waals surface area contributed by atoms with Gasteiger partial charge in [-0.2, -0.15) is 0 Å². The fraction of sp³-hybridized carbons (Fsp3) is 0. The van der Waals surface area contributed by atoms with Crippen LogP contribution in [0, 0.1) is 0 Å². The van der Waals surface area contributed by atoms with E-state index in [1.807, 2.05) is 36.9 Å². The van der Waals surface area contributed by atoms with Crippen molar-refractivity contribution in [2.45, 2.75) is 0 Å². The molecule has 0 heterocycles. The molecular weight excluding hydrogens is 617 g/mol. The van der Waals surface area contributed by atoms with Crippen LogP contribution in [0.1, 0.15) is 0 Å². The van der Waals surface area contributed by atoms with Gasteiger partial charge in [-0.3, -0.25) is 0 Å². The van der Waals surface area contributed by atoms with Gasteiger partial charge in [0.05, 0.1) is 0 Å². The molecule has 0 aromatic rings. The molecule has 0 spiro atoms. The molecule has 22 valence electrons. The number of hydrogen-bond donors (Lipinski definition) is 0. The number of rotatable bonds is 0. The van der Waals surface area contributed by atoms with Crippen LogP contribution in [0.3, 0.4) is 0 Å². The van der Waals surface area contributed by atoms with E-state index in [1.165, 1.54) is 0 Å². The molecule has 4 heteroatoms. The van der Waals surface area contributed by atoms with Gasteiger partial charge >= 0.3 is 36.9 Å². The molecular formula is Ta2Te2. The molecule has 4 radical (unpaired) electrons. The Balaban J connectivity index is -0.00000000500. The molecule has 0 N–H and O–H groups in total. The molecule has 0 saturated heterocycles. The summed E-state index contributed by atoms with van der Waals surface area (Å²) < 4.78 is 0. The van der Waals surface area contributed by atoms with E-state index in [0.717, 1.165) is 0 Å². The zero-order chi connectivity index (χ0) is 2.00. The third-order valence-electron chi connectivity index (χ3n) is 0. The van der Waals surface area contributed by atoms with Crippen LogP contribution in [0.15, 0.2) is 0 Å². The van der Waals surface area contributed by atoms with Gasteiger partial charge in [0.2, 0.25) is 0 Å². The maximum atomic E-state index is 1.96. The summed E-state index contributed by atoms with van der Waals surface area (Å²) in [6.45, 7) is 0. The summed E-state index contributed by atoms with van der Waals surface area (Å²) in [5.74, 6) is 0. The van der Waals surface area contributed by atoms with Gasteiger partial charge in [0.25, 0.3) is 0 Å². The monoisotopic (exact) mass is 622 g/mol. The maximum absolute atomic E-state index is 1.96. The van der Waals surface area contributed by atoms with Gasteiger partial charge in [0, 0.05) is 44.8 Å². The van der Waals surface area contributed by atoms with Crippen LogP contribution in [0.2, 0.25) is 0 Å². The molecule has 0 aromatic carbocycles. The Bertz CT molecular complexity index is 4.00. The molecule has 0 aliphatic rings. The van der Waals surface area contributed by atoms with Crippen LogP contribution in [0.5, 0.6) is 0 Å². The fourth-order valence-corrected chi connectivity index (χ4v) is 0. The van der Waals surface area contributed by atoms with E-state index in [4.69, 9.17) is 0 Å². The molecule has 0 rings (SSSR count). The summed E-state index contributed by atoms with van der Waals surface area (Å²) in [7, 11) is 0. The summed E-state index contributed by atoms with van der Waals surface area (Å²) in [6.07, 6.45) is 0. The van der Waals surface area contributed by atoms with Gasteiger partial charge in [-0.05, 0) is 0 Å². The first-order valence-electron chi connectivity index (χ1n) is 0.167. The Morgan fingerprint density at radius 3 is 0.750 bits per heavy atom. The van der Waals surface area contributed by atoms with Gasteiger partial charge in [-0.15, -0.1) is 0 Å². The second kappa shape index (κ2) is 16.6. The minimum absolute atomic E-state index is 0. The summed E-state index contributed by atoms with van der Waals surface area (Å²) >= 11 is 3.92. The summed E-state index contributed by atoms with van der Waals surface area (Å²) in [6, 6.07) is 0. The van der Waals surface area contributed by atoms with E-state index in [1.54, 1.807) is 0 Å². The van der Waals surface area contributed by atoms with Gasteiger partial charge < -0.3 is 0 Å². The molecule has 0 saturated carbocycles. The second-order valence-corrected chi connectivity index (χ2v) is 0. The number of hydrogen-bond acceptors (Lipinski definition) is 0. The van der Waals surface area contributed by atoms with Crippen LogP contribution >= 0.6 is 0 Å². The summed E-state index contributed by atoms with van der Waals surface area (Å²) in [5, 5.41) is 0. The summed E-state index contributed by atoms with van der Waals surface area (Å²) in [5.41, 5.74) is 0. The Morgan fingerprint density at radius 1 is 0.750 bits per heavy atom. The van der Waals surface area contributed by atoms with Crippen molar-refractivity contribution in [2.24, 2.45) is 0 Å². The molecule has 0 atom stereocenters. The van der Waals surface area contributed by atoms with Crippen molar-refractivity contribution in [3.8, 4) is 0 Å². The van der Waals surface area contributed by atoms with Crippen molar-refractivity contribution in [3.63, 3.8) is 0 Å². The van der Waals surface area contributed by atoms with Crippen molar-refractivity contribution < 1.29 is 44.8 Å². The summed E-state index contributed by atoms with van der Waals surface area (Å²) in [4.78, 5) is 0. The molecule has 0 unspecified atom stereocenters. The van der Waals surface area contributed by atoms with Crippen molar-refractivity contribution in [2.75, 3.05) is 0 Å². The molecule has 0 aliphatic heterocycles. The molecule has 4 heavy (non-hydrogen) atoms. The third kappa shape index (κ3) is 8.91. The Labute approximate surface area is 79.9 Å². The molecule has 0 bridgehead atoms. The Hall–Kier alpha value is 3.06. The van der Waals surface area contributed by atoms with Gasteiger partial charge in [-0.1, -0.05) is 0 Å². The van der Waals surface area contributed by atoms with E-state index in [-0.39, 0.29) is 44.8 Å². The topological polar surface area (TPSA) is 0 Å². The fourth-order valence-electron chi connectivity index (χ4n) is 0. The van der Waals surface area contributed by atoms with Gasteiger partial charge in [-0.25, -0.2) is 0 Å². The van der Waals surface area contributed by atoms with Crippen molar-refractivity contribution in [1.29, 1.82) is 0 Å². The first-order chi connectivity index (χ1) is 1.00. The second-order valence-electron chi connectivity index (χ2n) is 0. The van der Waals surface area contributed by atoms with E-state index < -0.39 is 0 Å². The quantitative estimate of drug-likeness (QED) is 0.314. The SMILES string of the molecule is [Ta].[Ta].[Te][Te]. The van der Waals surface area contributed by atoms with Gasteiger partial charge in [0.15, 0.2) is 0 Å². The molecule has 0 fully saturated rings. The average molecular weight is 617 g/mol. The van der Waals surface area contributed by atoms with E-state index in [0.29, 0.717) is 0 Å². The zero-order valence-electron chi connectivity index (χ0n) is 1.71. The standard InChI is InChI=1S/2Ta.Te2/c;;1-2. The molecule has 0 amide bonds. The van der Waals surface area contributed by atoms with Crippen LogP contribution in [-0.4, -0.2) is 36.9 Å². The van der Waals surface area contributed by atoms with Crippen LogP contribution in [0.4, 0.5) is 0 Å². The molecule has 0 aliphatic carbocycles. The minimum atomic E-state index is 0. The van der Waals surface area contributed by atoms with Crippen LogP contribution in [0.25, 0.3) is 0 Å². The van der Waals surface area contributed by atoms with Crippen molar-refractivity contribution in [1.82, 2.24) is 0 Å². The first-order valence-corrected chi connectivity index (χ1v) is 7.50. The van der Waals surface area contributed by atoms with Gasteiger partial charge in [0.1, 0.15) is 0 Å². The van der Waals surface area contributed by atoms with Crippen molar-refractivity contribution in [3.05, 3.63) is 0 Å². The zero-order valence-corrected chi connectivity index (χ0v) is 12.8. The Morgan fingerprint density at radius 2 is 0.750 bits per heavy atom. The predicted molar refractivity (Wildman–Crippen MR) is 11.5 cm³/mol. The van der Waals surface area contributed by atoms with E-state index in [2.05, 4.69) is 0 Å². The van der Waals surface area contributed by atoms with E-state index in [9.17, 15) is 0 Å². The van der Waals surface area contributed by atoms with Crippen LogP contribution < -0.4 is 0 Å². The molecule has 0 aromatic heterocycles. The normalized spacial score (nSPS) is 1.50. The molecule has 0 nitrogen and oxygen atoms in total. The third-order valence-corrected chi connectivity index (χ3v) is 0. The Kier molecular flexibility index (Phi) is 65.2. The van der Waals surface area contributed by atoms with Crippen LogP contribution in [-0.2, 0) is 44.8 Å². The first kappa shape index (κ1) is 15.7. The van der Waals surface area contributed by atoms with E-state index >= 15 is 0 Å². The average Bonchev–Trinajstić information content (AvgIpc) is 1.00.